The zero-order valence-electron chi connectivity index (χ0n) is 23.1. The first-order valence-electron chi connectivity index (χ1n) is 12.7. The Morgan fingerprint density at radius 2 is 1.86 bits per heavy atom. The minimum absolute atomic E-state index is 0.234. The molecule has 0 N–H and O–H groups in total. The number of hydrogen-bond donors (Lipinski definition) is 0. The van der Waals surface area contributed by atoms with Gasteiger partial charge in [0.1, 0.15) is 29.3 Å². The van der Waals surface area contributed by atoms with Crippen LogP contribution in [0.4, 0.5) is 4.79 Å². The number of nitrogens with zero attached hydrogens (tertiary/aromatic N) is 3. The smallest absolute Gasteiger partial charge is 0.410 e. The Labute approximate surface area is 228 Å². The Hall–Kier alpha value is -2.11. The SMILES string of the molecule is COC(=O)c1cnc2c(c(Br)cn2COCC[Si](C)(C)C)c1OCC1CCN(C(=O)OC(C)(C)C)CC1. The summed E-state index contributed by atoms with van der Waals surface area (Å²) in [6.45, 7) is 15.2. The van der Waals surface area contributed by atoms with Gasteiger partial charge in [0.15, 0.2) is 0 Å². The molecule has 0 atom stereocenters. The minimum Gasteiger partial charge on any atom is -0.492 e. The van der Waals surface area contributed by atoms with E-state index in [1.807, 2.05) is 31.5 Å². The Morgan fingerprint density at radius 3 is 2.46 bits per heavy atom. The van der Waals surface area contributed by atoms with Crippen molar-refractivity contribution < 1.29 is 28.5 Å². The van der Waals surface area contributed by atoms with Crippen LogP contribution in [-0.4, -0.2) is 73.6 Å². The number of piperidine rings is 1. The first-order valence-corrected chi connectivity index (χ1v) is 17.2. The number of aromatic nitrogens is 2. The standard InChI is InChI=1S/C26H40BrN3O6Si/c1-26(2,3)36-25(32)29-10-8-18(9-11-29)16-35-22-19(24(31)33-4)14-28-23-21(22)20(27)15-30(23)17-34-12-13-37(5,6)7/h14-15,18H,8-13,16-17H2,1-7H3. The van der Waals surface area contributed by atoms with Crippen LogP contribution in [0.3, 0.4) is 0 Å². The van der Waals surface area contributed by atoms with Crippen LogP contribution in [0.5, 0.6) is 5.75 Å². The number of ether oxygens (including phenoxy) is 4. The predicted molar refractivity (Wildman–Crippen MR) is 149 cm³/mol. The highest BCUT2D eigenvalue weighted by Crippen LogP contribution is 2.37. The lowest BCUT2D eigenvalue weighted by Crippen LogP contribution is -2.42. The first-order chi connectivity index (χ1) is 17.3. The van der Waals surface area contributed by atoms with E-state index in [-0.39, 0.29) is 17.6 Å². The van der Waals surface area contributed by atoms with Crippen molar-refractivity contribution in [2.24, 2.45) is 5.92 Å². The molecule has 1 amide bonds. The number of pyridine rings is 1. The van der Waals surface area contributed by atoms with Crippen LogP contribution < -0.4 is 4.74 Å². The van der Waals surface area contributed by atoms with E-state index < -0.39 is 19.6 Å². The third-order valence-electron chi connectivity index (χ3n) is 6.15. The van der Waals surface area contributed by atoms with Gasteiger partial charge in [0.25, 0.3) is 0 Å². The lowest BCUT2D eigenvalue weighted by Gasteiger charge is -2.33. The lowest BCUT2D eigenvalue weighted by molar-refractivity contribution is 0.0164. The fourth-order valence-electron chi connectivity index (χ4n) is 4.04. The maximum absolute atomic E-state index is 12.5. The number of esters is 1. The van der Waals surface area contributed by atoms with Gasteiger partial charge in [-0.05, 0) is 61.5 Å². The first kappa shape index (κ1) is 29.4. The molecule has 0 saturated carbocycles. The number of fused-ring (bicyclic) bond motifs is 1. The molecular weight excluding hydrogens is 558 g/mol. The van der Waals surface area contributed by atoms with E-state index in [1.54, 1.807) is 4.90 Å². The largest absolute Gasteiger partial charge is 0.492 e. The van der Waals surface area contributed by atoms with Crippen LogP contribution in [0.1, 0.15) is 44.0 Å². The van der Waals surface area contributed by atoms with Crippen molar-refractivity contribution in [3.05, 3.63) is 22.4 Å². The van der Waals surface area contributed by atoms with E-state index in [0.717, 1.165) is 23.4 Å². The number of carbonyl (C=O) groups is 2. The zero-order valence-corrected chi connectivity index (χ0v) is 25.6. The molecule has 206 valence electrons. The van der Waals surface area contributed by atoms with Gasteiger partial charge in [0.05, 0.1) is 19.1 Å². The third-order valence-corrected chi connectivity index (χ3v) is 8.46. The second-order valence-electron chi connectivity index (χ2n) is 11.7. The molecule has 9 nitrogen and oxygen atoms in total. The fourth-order valence-corrected chi connectivity index (χ4v) is 5.40. The summed E-state index contributed by atoms with van der Waals surface area (Å²) < 4.78 is 25.4. The van der Waals surface area contributed by atoms with E-state index in [0.29, 0.717) is 49.8 Å². The van der Waals surface area contributed by atoms with Gasteiger partial charge in [-0.2, -0.15) is 0 Å². The predicted octanol–water partition coefficient (Wildman–Crippen LogP) is 5.92. The van der Waals surface area contributed by atoms with E-state index in [4.69, 9.17) is 18.9 Å². The highest BCUT2D eigenvalue weighted by molar-refractivity contribution is 9.10. The van der Waals surface area contributed by atoms with Crippen LogP contribution in [-0.2, 0) is 20.9 Å². The van der Waals surface area contributed by atoms with Gasteiger partial charge < -0.3 is 28.4 Å². The molecule has 11 heteroatoms. The molecule has 0 radical (unpaired) electrons. The molecule has 1 fully saturated rings. The van der Waals surface area contributed by atoms with Gasteiger partial charge in [-0.3, -0.25) is 0 Å². The second-order valence-corrected chi connectivity index (χ2v) is 18.2. The summed E-state index contributed by atoms with van der Waals surface area (Å²) in [5.74, 6) is 0.174. The van der Waals surface area contributed by atoms with E-state index in [9.17, 15) is 9.59 Å². The summed E-state index contributed by atoms with van der Waals surface area (Å²) in [6.07, 6.45) is 4.69. The quantitative estimate of drug-likeness (QED) is 0.201. The summed E-state index contributed by atoms with van der Waals surface area (Å²) in [5, 5.41) is 0.711. The molecule has 37 heavy (non-hydrogen) atoms. The number of halogens is 1. The van der Waals surface area contributed by atoms with Gasteiger partial charge >= 0.3 is 12.1 Å². The second kappa shape index (κ2) is 12.2. The molecule has 1 aliphatic heterocycles. The number of carbonyl (C=O) groups excluding carboxylic acids is 2. The van der Waals surface area contributed by atoms with E-state index in [1.165, 1.54) is 13.3 Å². The molecular formula is C26H40BrN3O6Si. The fraction of sp³-hybridized carbons (Fsp3) is 0.654. The number of rotatable bonds is 9. The Bertz CT molecular complexity index is 1100. The minimum atomic E-state index is -1.19. The van der Waals surface area contributed by atoms with Crippen LogP contribution >= 0.6 is 15.9 Å². The average molecular weight is 599 g/mol. The van der Waals surface area contributed by atoms with Crippen molar-refractivity contribution in [1.29, 1.82) is 0 Å². The van der Waals surface area contributed by atoms with Crippen molar-refractivity contribution in [3.63, 3.8) is 0 Å². The van der Waals surface area contributed by atoms with Crippen LogP contribution in [0.2, 0.25) is 25.7 Å². The summed E-state index contributed by atoms with van der Waals surface area (Å²) in [7, 11) is 0.157. The molecule has 0 aromatic carbocycles. The molecule has 1 saturated heterocycles. The monoisotopic (exact) mass is 597 g/mol. The van der Waals surface area contributed by atoms with Crippen LogP contribution in [0, 0.1) is 5.92 Å². The molecule has 3 rings (SSSR count). The molecule has 0 unspecified atom stereocenters. The van der Waals surface area contributed by atoms with Crippen LogP contribution in [0.15, 0.2) is 16.9 Å². The van der Waals surface area contributed by atoms with Gasteiger partial charge in [-0.15, -0.1) is 0 Å². The number of hydrogen-bond acceptors (Lipinski definition) is 7. The highest BCUT2D eigenvalue weighted by atomic mass is 79.9. The number of methoxy groups -OCH3 is 1. The van der Waals surface area contributed by atoms with Gasteiger partial charge in [-0.25, -0.2) is 14.6 Å². The Morgan fingerprint density at radius 1 is 1.19 bits per heavy atom. The Balaban J connectivity index is 1.72. The Kier molecular flexibility index (Phi) is 9.68. The van der Waals surface area contributed by atoms with Crippen molar-refractivity contribution >= 4 is 47.1 Å². The average Bonchev–Trinajstić information content (AvgIpc) is 3.14. The van der Waals surface area contributed by atoms with Gasteiger partial charge in [0, 0.05) is 44.6 Å². The molecule has 2 aromatic rings. The molecule has 3 heterocycles. The zero-order chi connectivity index (χ0) is 27.4. The van der Waals surface area contributed by atoms with Crippen LogP contribution in [0.25, 0.3) is 11.0 Å². The lowest BCUT2D eigenvalue weighted by atomic mass is 9.98. The maximum atomic E-state index is 12.5. The summed E-state index contributed by atoms with van der Waals surface area (Å²) in [4.78, 5) is 31.2. The number of likely N-dealkylation sites (tertiary alicyclic amines) is 1. The number of amides is 1. The molecule has 0 aliphatic carbocycles. The highest BCUT2D eigenvalue weighted by Gasteiger charge is 2.28. The van der Waals surface area contributed by atoms with E-state index >= 15 is 0 Å². The van der Waals surface area contributed by atoms with Gasteiger partial charge in [0.2, 0.25) is 0 Å². The summed E-state index contributed by atoms with van der Waals surface area (Å²) in [5.41, 5.74) is 0.429. The van der Waals surface area contributed by atoms with Crippen molar-refractivity contribution in [3.8, 4) is 5.75 Å². The topological polar surface area (TPSA) is 92.1 Å². The molecule has 0 spiro atoms. The molecule has 2 aromatic heterocycles. The maximum Gasteiger partial charge on any atom is 0.410 e. The molecule has 0 bridgehead atoms. The third kappa shape index (κ3) is 8.18. The summed E-state index contributed by atoms with van der Waals surface area (Å²) in [6, 6.07) is 1.08. The van der Waals surface area contributed by atoms with E-state index in [2.05, 4.69) is 40.6 Å². The van der Waals surface area contributed by atoms with Gasteiger partial charge in [-0.1, -0.05) is 19.6 Å². The summed E-state index contributed by atoms with van der Waals surface area (Å²) >= 11 is 3.63. The van der Waals surface area contributed by atoms with Crippen molar-refractivity contribution in [2.45, 2.75) is 71.6 Å². The van der Waals surface area contributed by atoms with Crippen molar-refractivity contribution in [1.82, 2.24) is 14.5 Å². The molecule has 1 aliphatic rings. The van der Waals surface area contributed by atoms with Crippen molar-refractivity contribution in [2.75, 3.05) is 33.4 Å². The normalized spacial score (nSPS) is 15.2.